The normalized spacial score (nSPS) is 13.8. The summed E-state index contributed by atoms with van der Waals surface area (Å²) in [6, 6.07) is 10.1. The molecule has 0 aliphatic carbocycles. The van der Waals surface area contributed by atoms with Gasteiger partial charge in [0.05, 0.1) is 5.69 Å². The monoisotopic (exact) mass is 341 g/mol. The Balaban J connectivity index is 1.61. The quantitative estimate of drug-likeness (QED) is 0.872. The molecule has 2 aromatic rings. The molecule has 1 aliphatic heterocycles. The van der Waals surface area contributed by atoms with Crippen molar-refractivity contribution in [2.24, 2.45) is 0 Å². The Morgan fingerprint density at radius 2 is 2.00 bits per heavy atom. The van der Waals surface area contributed by atoms with Gasteiger partial charge in [-0.2, -0.15) is 5.10 Å². The standard InChI is InChI=1S/C19H27N5O/c1-15-13-18-23(10-4-11-24(18)21-15)14-16-5-7-17(8-6-16)19(25)20-9-12-22(2)3/h5-8,13H,4,9-12,14H2,1-3H3,(H,20,25). The highest BCUT2D eigenvalue weighted by Crippen LogP contribution is 2.23. The lowest BCUT2D eigenvalue weighted by atomic mass is 10.1. The van der Waals surface area contributed by atoms with Gasteiger partial charge in [-0.05, 0) is 45.1 Å². The molecule has 0 atom stereocenters. The lowest BCUT2D eigenvalue weighted by Crippen LogP contribution is -2.32. The fourth-order valence-electron chi connectivity index (χ4n) is 3.11. The summed E-state index contributed by atoms with van der Waals surface area (Å²) < 4.78 is 2.09. The largest absolute Gasteiger partial charge is 0.352 e. The van der Waals surface area contributed by atoms with Crippen molar-refractivity contribution in [1.29, 1.82) is 0 Å². The molecule has 0 radical (unpaired) electrons. The number of amides is 1. The first-order chi connectivity index (χ1) is 12.0. The van der Waals surface area contributed by atoms with Crippen LogP contribution in [0.3, 0.4) is 0 Å². The van der Waals surface area contributed by atoms with Crippen LogP contribution in [0, 0.1) is 6.92 Å². The molecular weight excluding hydrogens is 314 g/mol. The maximum atomic E-state index is 12.1. The molecule has 1 N–H and O–H groups in total. The number of likely N-dealkylation sites (N-methyl/N-ethyl adjacent to an activating group) is 1. The van der Waals surface area contributed by atoms with E-state index in [4.69, 9.17) is 0 Å². The fourth-order valence-corrected chi connectivity index (χ4v) is 3.11. The molecule has 134 valence electrons. The minimum atomic E-state index is -0.0138. The topological polar surface area (TPSA) is 53.4 Å². The van der Waals surface area contributed by atoms with Crippen molar-refractivity contribution in [3.8, 4) is 0 Å². The van der Waals surface area contributed by atoms with Gasteiger partial charge in [0.2, 0.25) is 0 Å². The molecule has 0 unspecified atom stereocenters. The van der Waals surface area contributed by atoms with Crippen LogP contribution >= 0.6 is 0 Å². The van der Waals surface area contributed by atoms with Gasteiger partial charge in [-0.15, -0.1) is 0 Å². The van der Waals surface area contributed by atoms with E-state index in [2.05, 4.69) is 31.0 Å². The summed E-state index contributed by atoms with van der Waals surface area (Å²) in [5.41, 5.74) is 2.98. The molecule has 3 rings (SSSR count). The van der Waals surface area contributed by atoms with Crippen LogP contribution < -0.4 is 10.2 Å². The van der Waals surface area contributed by atoms with Crippen LogP contribution in [0.2, 0.25) is 0 Å². The van der Waals surface area contributed by atoms with Crippen LogP contribution in [0.15, 0.2) is 30.3 Å². The molecule has 1 aromatic carbocycles. The predicted molar refractivity (Wildman–Crippen MR) is 100.0 cm³/mol. The van der Waals surface area contributed by atoms with Crippen molar-refractivity contribution in [3.63, 3.8) is 0 Å². The zero-order valence-electron chi connectivity index (χ0n) is 15.3. The summed E-state index contributed by atoms with van der Waals surface area (Å²) in [6.45, 7) is 6.40. The number of nitrogens with one attached hydrogen (secondary N) is 1. The smallest absolute Gasteiger partial charge is 0.251 e. The van der Waals surface area contributed by atoms with Crippen LogP contribution in [0.1, 0.15) is 28.0 Å². The van der Waals surface area contributed by atoms with Crippen LogP contribution in [0.5, 0.6) is 0 Å². The molecule has 1 aromatic heterocycles. The van der Waals surface area contributed by atoms with Gasteiger partial charge in [0.25, 0.3) is 5.91 Å². The first kappa shape index (κ1) is 17.5. The maximum Gasteiger partial charge on any atom is 0.251 e. The summed E-state index contributed by atoms with van der Waals surface area (Å²) in [5, 5.41) is 7.48. The number of aromatic nitrogens is 2. The second-order valence-corrected chi connectivity index (χ2v) is 6.90. The van der Waals surface area contributed by atoms with Crippen molar-refractivity contribution in [2.75, 3.05) is 38.6 Å². The highest BCUT2D eigenvalue weighted by atomic mass is 16.1. The van der Waals surface area contributed by atoms with Gasteiger partial charge >= 0.3 is 0 Å². The maximum absolute atomic E-state index is 12.1. The molecule has 2 heterocycles. The van der Waals surface area contributed by atoms with Gasteiger partial charge < -0.3 is 15.1 Å². The number of aryl methyl sites for hydroxylation is 2. The molecule has 0 spiro atoms. The second kappa shape index (κ2) is 7.70. The molecule has 0 saturated carbocycles. The predicted octanol–water partition coefficient (Wildman–Crippen LogP) is 1.89. The van der Waals surface area contributed by atoms with Crippen LogP contribution in [-0.4, -0.2) is 54.3 Å². The number of carbonyl (C=O) groups excluding carboxylic acids is 1. The lowest BCUT2D eigenvalue weighted by molar-refractivity contribution is 0.0951. The van der Waals surface area contributed by atoms with E-state index in [1.54, 1.807) is 0 Å². The number of nitrogens with zero attached hydrogens (tertiary/aromatic N) is 4. The summed E-state index contributed by atoms with van der Waals surface area (Å²) in [5.74, 6) is 1.18. The van der Waals surface area contributed by atoms with Crippen LogP contribution in [-0.2, 0) is 13.1 Å². The second-order valence-electron chi connectivity index (χ2n) is 6.90. The number of hydrogen-bond acceptors (Lipinski definition) is 4. The fraction of sp³-hybridized carbons (Fsp3) is 0.474. The zero-order chi connectivity index (χ0) is 17.8. The number of rotatable bonds is 6. The molecule has 0 saturated heterocycles. The van der Waals surface area contributed by atoms with E-state index in [-0.39, 0.29) is 5.91 Å². The van der Waals surface area contributed by atoms with Gasteiger partial charge in [0.15, 0.2) is 0 Å². The Bertz CT molecular complexity index is 720. The van der Waals surface area contributed by atoms with E-state index in [1.165, 1.54) is 11.4 Å². The van der Waals surface area contributed by atoms with Gasteiger partial charge in [-0.3, -0.25) is 4.79 Å². The van der Waals surface area contributed by atoms with Crippen LogP contribution in [0.4, 0.5) is 5.82 Å². The average Bonchev–Trinajstić information content (AvgIpc) is 2.96. The van der Waals surface area contributed by atoms with E-state index in [0.717, 1.165) is 38.3 Å². The SMILES string of the molecule is Cc1cc2n(n1)CCCN2Cc1ccc(C(=O)NCCN(C)C)cc1. The Morgan fingerprint density at radius 3 is 2.72 bits per heavy atom. The van der Waals surface area contributed by atoms with Gasteiger partial charge in [-0.1, -0.05) is 12.1 Å². The molecule has 6 heteroatoms. The van der Waals surface area contributed by atoms with Gasteiger partial charge in [0, 0.05) is 44.4 Å². The van der Waals surface area contributed by atoms with Crippen molar-refractivity contribution in [3.05, 3.63) is 47.2 Å². The first-order valence-electron chi connectivity index (χ1n) is 8.84. The Hall–Kier alpha value is -2.34. The third-order valence-corrected chi connectivity index (χ3v) is 4.44. The molecule has 0 fully saturated rings. The summed E-state index contributed by atoms with van der Waals surface area (Å²) in [7, 11) is 3.99. The average molecular weight is 341 g/mol. The molecule has 0 bridgehead atoms. The number of anilines is 1. The Morgan fingerprint density at radius 1 is 1.24 bits per heavy atom. The van der Waals surface area contributed by atoms with Crippen molar-refractivity contribution < 1.29 is 4.79 Å². The van der Waals surface area contributed by atoms with E-state index in [0.29, 0.717) is 12.1 Å². The summed E-state index contributed by atoms with van der Waals surface area (Å²) in [6.07, 6.45) is 1.11. The molecule has 1 amide bonds. The Kier molecular flexibility index (Phi) is 5.38. The Labute approximate surface area is 149 Å². The summed E-state index contributed by atoms with van der Waals surface area (Å²) >= 11 is 0. The van der Waals surface area contributed by atoms with E-state index < -0.39 is 0 Å². The lowest BCUT2D eigenvalue weighted by Gasteiger charge is -2.29. The minimum Gasteiger partial charge on any atom is -0.352 e. The molecule has 6 nitrogen and oxygen atoms in total. The highest BCUT2D eigenvalue weighted by molar-refractivity contribution is 5.94. The van der Waals surface area contributed by atoms with E-state index >= 15 is 0 Å². The third kappa shape index (κ3) is 4.39. The number of fused-ring (bicyclic) bond motifs is 1. The number of hydrogen-bond donors (Lipinski definition) is 1. The van der Waals surface area contributed by atoms with Crippen molar-refractivity contribution in [2.45, 2.75) is 26.4 Å². The minimum absolute atomic E-state index is 0.0138. The highest BCUT2D eigenvalue weighted by Gasteiger charge is 2.18. The summed E-state index contributed by atoms with van der Waals surface area (Å²) in [4.78, 5) is 16.5. The zero-order valence-corrected chi connectivity index (χ0v) is 15.3. The third-order valence-electron chi connectivity index (χ3n) is 4.44. The van der Waals surface area contributed by atoms with Crippen LogP contribution in [0.25, 0.3) is 0 Å². The van der Waals surface area contributed by atoms with Gasteiger partial charge in [-0.25, -0.2) is 4.68 Å². The molecule has 1 aliphatic rings. The molecular formula is C19H27N5O. The van der Waals surface area contributed by atoms with E-state index in [1.807, 2.05) is 45.3 Å². The van der Waals surface area contributed by atoms with Gasteiger partial charge in [0.1, 0.15) is 5.82 Å². The number of benzene rings is 1. The van der Waals surface area contributed by atoms with E-state index in [9.17, 15) is 4.79 Å². The molecule has 25 heavy (non-hydrogen) atoms. The first-order valence-corrected chi connectivity index (χ1v) is 8.84. The van der Waals surface area contributed by atoms with Crippen molar-refractivity contribution >= 4 is 11.7 Å². The number of carbonyl (C=O) groups is 1. The van der Waals surface area contributed by atoms with Crippen molar-refractivity contribution in [1.82, 2.24) is 20.0 Å².